The SMILES string of the molecule is CC(C)N(Cc1ccc(C#N)cc1)C(=O)CCc1nc(-c2ccccn2)no1. The molecule has 1 aromatic carbocycles. The highest BCUT2D eigenvalue weighted by atomic mass is 16.5. The van der Waals surface area contributed by atoms with Crippen LogP contribution in [0, 0.1) is 11.3 Å². The number of carbonyl (C=O) groups is 1. The molecule has 1 amide bonds. The monoisotopic (exact) mass is 375 g/mol. The van der Waals surface area contributed by atoms with Gasteiger partial charge in [-0.25, -0.2) is 0 Å². The minimum absolute atomic E-state index is 0.0111. The van der Waals surface area contributed by atoms with Gasteiger partial charge in [-0.2, -0.15) is 10.2 Å². The average Bonchev–Trinajstić information content (AvgIpc) is 3.20. The Balaban J connectivity index is 1.61. The van der Waals surface area contributed by atoms with Gasteiger partial charge in [0.15, 0.2) is 0 Å². The fourth-order valence-corrected chi connectivity index (χ4v) is 2.75. The normalized spacial score (nSPS) is 10.6. The zero-order chi connectivity index (χ0) is 19.9. The number of aryl methyl sites for hydroxylation is 1. The fourth-order valence-electron chi connectivity index (χ4n) is 2.75. The van der Waals surface area contributed by atoms with Gasteiger partial charge in [0, 0.05) is 31.6 Å². The molecule has 0 fully saturated rings. The van der Waals surface area contributed by atoms with Crippen molar-refractivity contribution in [1.29, 1.82) is 5.26 Å². The van der Waals surface area contributed by atoms with Gasteiger partial charge < -0.3 is 9.42 Å². The van der Waals surface area contributed by atoms with Crippen molar-refractivity contribution < 1.29 is 9.32 Å². The summed E-state index contributed by atoms with van der Waals surface area (Å²) in [6.07, 6.45) is 2.31. The van der Waals surface area contributed by atoms with E-state index < -0.39 is 0 Å². The van der Waals surface area contributed by atoms with Crippen molar-refractivity contribution in [2.75, 3.05) is 0 Å². The Labute approximate surface area is 163 Å². The minimum Gasteiger partial charge on any atom is -0.339 e. The van der Waals surface area contributed by atoms with Gasteiger partial charge in [-0.15, -0.1) is 0 Å². The van der Waals surface area contributed by atoms with Gasteiger partial charge in [-0.3, -0.25) is 9.78 Å². The summed E-state index contributed by atoms with van der Waals surface area (Å²) in [6.45, 7) is 4.45. The summed E-state index contributed by atoms with van der Waals surface area (Å²) in [5.74, 6) is 0.842. The summed E-state index contributed by atoms with van der Waals surface area (Å²) >= 11 is 0. The van der Waals surface area contributed by atoms with Gasteiger partial charge in [0.05, 0.1) is 11.6 Å². The zero-order valence-electron chi connectivity index (χ0n) is 15.9. The molecule has 2 heterocycles. The Morgan fingerprint density at radius 2 is 2.00 bits per heavy atom. The molecule has 28 heavy (non-hydrogen) atoms. The van der Waals surface area contributed by atoms with E-state index in [0.29, 0.717) is 35.9 Å². The summed E-state index contributed by atoms with van der Waals surface area (Å²) in [6, 6.07) is 14.9. The molecular formula is C21H21N5O2. The first kappa shape index (κ1) is 19.2. The molecule has 0 saturated carbocycles. The Hall–Kier alpha value is -3.53. The molecule has 0 radical (unpaired) electrons. The predicted octanol–water partition coefficient (Wildman–Crippen LogP) is 3.37. The van der Waals surface area contributed by atoms with E-state index >= 15 is 0 Å². The van der Waals surface area contributed by atoms with Crippen LogP contribution in [0.5, 0.6) is 0 Å². The second-order valence-electron chi connectivity index (χ2n) is 6.65. The van der Waals surface area contributed by atoms with Gasteiger partial charge in [0.1, 0.15) is 5.69 Å². The highest BCUT2D eigenvalue weighted by molar-refractivity contribution is 5.76. The first-order valence-electron chi connectivity index (χ1n) is 9.09. The lowest BCUT2D eigenvalue weighted by molar-refractivity contribution is -0.133. The summed E-state index contributed by atoms with van der Waals surface area (Å²) in [4.78, 5) is 23.0. The van der Waals surface area contributed by atoms with Crippen molar-refractivity contribution in [3.8, 4) is 17.6 Å². The second-order valence-corrected chi connectivity index (χ2v) is 6.65. The van der Waals surface area contributed by atoms with Crippen LogP contribution in [0.1, 0.15) is 37.3 Å². The van der Waals surface area contributed by atoms with Crippen LogP contribution in [0.4, 0.5) is 0 Å². The van der Waals surface area contributed by atoms with Crippen molar-refractivity contribution in [3.63, 3.8) is 0 Å². The molecule has 0 saturated heterocycles. The van der Waals surface area contributed by atoms with Crippen molar-refractivity contribution in [2.45, 2.75) is 39.3 Å². The van der Waals surface area contributed by atoms with Gasteiger partial charge in [-0.1, -0.05) is 23.4 Å². The van der Waals surface area contributed by atoms with E-state index in [-0.39, 0.29) is 18.4 Å². The van der Waals surface area contributed by atoms with E-state index in [1.807, 2.05) is 38.1 Å². The fraction of sp³-hybridized carbons (Fsp3) is 0.286. The third kappa shape index (κ3) is 4.80. The minimum atomic E-state index is 0.0111. The van der Waals surface area contributed by atoms with Crippen molar-refractivity contribution in [2.24, 2.45) is 0 Å². The molecule has 0 aliphatic heterocycles. The lowest BCUT2D eigenvalue weighted by Crippen LogP contribution is -2.36. The quantitative estimate of drug-likeness (QED) is 0.628. The summed E-state index contributed by atoms with van der Waals surface area (Å²) < 4.78 is 5.25. The lowest BCUT2D eigenvalue weighted by Gasteiger charge is -2.27. The van der Waals surface area contributed by atoms with Crippen LogP contribution in [0.3, 0.4) is 0 Å². The summed E-state index contributed by atoms with van der Waals surface area (Å²) in [5.41, 5.74) is 2.22. The van der Waals surface area contributed by atoms with Crippen molar-refractivity contribution in [3.05, 3.63) is 65.7 Å². The van der Waals surface area contributed by atoms with Crippen LogP contribution in [0.25, 0.3) is 11.5 Å². The molecule has 0 atom stereocenters. The number of carbonyl (C=O) groups excluding carboxylic acids is 1. The number of rotatable bonds is 7. The van der Waals surface area contributed by atoms with Gasteiger partial charge in [0.2, 0.25) is 17.6 Å². The Kier molecular flexibility index (Phi) is 6.12. The van der Waals surface area contributed by atoms with Crippen LogP contribution in [0.15, 0.2) is 53.2 Å². The first-order valence-corrected chi connectivity index (χ1v) is 9.09. The molecule has 0 unspecified atom stereocenters. The molecule has 0 bridgehead atoms. The van der Waals surface area contributed by atoms with Crippen LogP contribution in [-0.4, -0.2) is 32.0 Å². The number of hydrogen-bond acceptors (Lipinski definition) is 6. The standard InChI is InChI=1S/C21H21N5O2/c1-15(2)26(14-17-8-6-16(13-22)7-9-17)20(27)11-10-19-24-21(25-28-19)18-5-3-4-12-23-18/h3-9,12,15H,10-11,14H2,1-2H3. The second kappa shape index (κ2) is 8.91. The number of pyridine rings is 1. The largest absolute Gasteiger partial charge is 0.339 e. The third-order valence-electron chi connectivity index (χ3n) is 4.29. The molecule has 7 nitrogen and oxygen atoms in total. The van der Waals surface area contributed by atoms with Gasteiger partial charge >= 0.3 is 0 Å². The molecule has 0 aliphatic carbocycles. The molecule has 0 N–H and O–H groups in total. The maximum absolute atomic E-state index is 12.7. The maximum atomic E-state index is 12.7. The highest BCUT2D eigenvalue weighted by Crippen LogP contribution is 2.15. The van der Waals surface area contributed by atoms with E-state index in [9.17, 15) is 4.79 Å². The lowest BCUT2D eigenvalue weighted by atomic mass is 10.1. The average molecular weight is 375 g/mol. The molecule has 2 aromatic heterocycles. The van der Waals surface area contributed by atoms with E-state index in [1.54, 1.807) is 29.3 Å². The number of nitrogens with zero attached hydrogens (tertiary/aromatic N) is 5. The molecule has 142 valence electrons. The smallest absolute Gasteiger partial charge is 0.227 e. The zero-order valence-corrected chi connectivity index (χ0v) is 15.9. The molecule has 3 aromatic rings. The van der Waals surface area contributed by atoms with Crippen LogP contribution >= 0.6 is 0 Å². The number of amides is 1. The topological polar surface area (TPSA) is 95.9 Å². The van der Waals surface area contributed by atoms with Crippen LogP contribution < -0.4 is 0 Å². The Bertz CT molecular complexity index is 958. The van der Waals surface area contributed by atoms with Crippen LogP contribution in [-0.2, 0) is 17.8 Å². The van der Waals surface area contributed by atoms with Crippen LogP contribution in [0.2, 0.25) is 0 Å². The van der Waals surface area contributed by atoms with Gasteiger partial charge in [0.25, 0.3) is 0 Å². The number of nitriles is 1. The number of benzene rings is 1. The molecular weight excluding hydrogens is 354 g/mol. The highest BCUT2D eigenvalue weighted by Gasteiger charge is 2.19. The van der Waals surface area contributed by atoms with Crippen molar-refractivity contribution in [1.82, 2.24) is 20.0 Å². The van der Waals surface area contributed by atoms with Gasteiger partial charge in [-0.05, 0) is 43.7 Å². The molecule has 7 heteroatoms. The van der Waals surface area contributed by atoms with E-state index in [0.717, 1.165) is 5.56 Å². The predicted molar refractivity (Wildman–Crippen MR) is 103 cm³/mol. The third-order valence-corrected chi connectivity index (χ3v) is 4.29. The number of aromatic nitrogens is 3. The van der Waals surface area contributed by atoms with E-state index in [1.165, 1.54) is 0 Å². The molecule has 0 aliphatic rings. The first-order chi connectivity index (χ1) is 13.6. The van der Waals surface area contributed by atoms with E-state index in [4.69, 9.17) is 9.78 Å². The number of hydrogen-bond donors (Lipinski definition) is 0. The summed E-state index contributed by atoms with van der Waals surface area (Å²) in [5, 5.41) is 12.8. The summed E-state index contributed by atoms with van der Waals surface area (Å²) in [7, 11) is 0. The molecule has 3 rings (SSSR count). The maximum Gasteiger partial charge on any atom is 0.227 e. The Morgan fingerprint density at radius 3 is 2.64 bits per heavy atom. The molecule has 0 spiro atoms. The van der Waals surface area contributed by atoms with Crippen molar-refractivity contribution >= 4 is 5.91 Å². The van der Waals surface area contributed by atoms with E-state index in [2.05, 4.69) is 21.2 Å². The Morgan fingerprint density at radius 1 is 1.21 bits per heavy atom.